The minimum atomic E-state index is -1.09. The van der Waals surface area contributed by atoms with Gasteiger partial charge in [-0.15, -0.1) is 0 Å². The Balaban J connectivity index is 2.03. The molecule has 0 spiro atoms. The van der Waals surface area contributed by atoms with Crippen molar-refractivity contribution in [1.82, 2.24) is 9.97 Å². The van der Waals surface area contributed by atoms with Crippen LogP contribution in [0.25, 0.3) is 0 Å². The zero-order valence-corrected chi connectivity index (χ0v) is 14.0. The van der Waals surface area contributed by atoms with E-state index in [0.29, 0.717) is 5.02 Å². The first-order chi connectivity index (χ1) is 10.9. The highest BCUT2D eigenvalue weighted by molar-refractivity contribution is 6.36. The summed E-state index contributed by atoms with van der Waals surface area (Å²) in [5.74, 6) is -1.25. The number of esters is 1. The van der Waals surface area contributed by atoms with Crippen LogP contribution in [0.15, 0.2) is 30.6 Å². The van der Waals surface area contributed by atoms with E-state index < -0.39 is 18.0 Å². The van der Waals surface area contributed by atoms with Crippen LogP contribution in [-0.2, 0) is 9.53 Å². The smallest absolute Gasteiger partial charge is 0.342 e. The maximum Gasteiger partial charge on any atom is 0.342 e. The third-order valence-corrected chi connectivity index (χ3v) is 3.48. The van der Waals surface area contributed by atoms with Crippen molar-refractivity contribution >= 4 is 52.5 Å². The highest BCUT2D eigenvalue weighted by atomic mass is 35.5. The van der Waals surface area contributed by atoms with Crippen LogP contribution >= 0.6 is 34.8 Å². The van der Waals surface area contributed by atoms with Gasteiger partial charge in [-0.2, -0.15) is 0 Å². The van der Waals surface area contributed by atoms with Crippen molar-refractivity contribution in [3.63, 3.8) is 0 Å². The Kier molecular flexibility index (Phi) is 5.76. The minimum Gasteiger partial charge on any atom is -0.449 e. The molecule has 0 aliphatic carbocycles. The number of nitrogens with zero attached hydrogens (tertiary/aromatic N) is 2. The summed E-state index contributed by atoms with van der Waals surface area (Å²) in [6.45, 7) is 1.40. The van der Waals surface area contributed by atoms with Gasteiger partial charge < -0.3 is 10.1 Å². The van der Waals surface area contributed by atoms with E-state index in [1.165, 1.54) is 37.5 Å². The van der Waals surface area contributed by atoms with Crippen LogP contribution < -0.4 is 5.32 Å². The fourth-order valence-electron chi connectivity index (χ4n) is 1.54. The van der Waals surface area contributed by atoms with Crippen molar-refractivity contribution in [1.29, 1.82) is 0 Å². The molecule has 6 nitrogen and oxygen atoms in total. The quantitative estimate of drug-likeness (QED) is 0.653. The predicted molar refractivity (Wildman–Crippen MR) is 87.0 cm³/mol. The molecule has 0 aromatic carbocycles. The Morgan fingerprint density at radius 1 is 1.26 bits per heavy atom. The van der Waals surface area contributed by atoms with Gasteiger partial charge >= 0.3 is 5.97 Å². The zero-order valence-electron chi connectivity index (χ0n) is 11.7. The zero-order chi connectivity index (χ0) is 17.0. The van der Waals surface area contributed by atoms with E-state index in [1.54, 1.807) is 0 Å². The number of ether oxygens (including phenoxy) is 1. The van der Waals surface area contributed by atoms with Gasteiger partial charge in [0.1, 0.15) is 5.15 Å². The molecular formula is C14H10Cl3N3O3. The molecule has 2 rings (SSSR count). The SMILES string of the molecule is CC(OC(=O)c1cccnc1Cl)C(=O)Nc1ncc(Cl)cc1Cl. The number of hydrogen-bond donors (Lipinski definition) is 1. The second-order valence-electron chi connectivity index (χ2n) is 4.36. The van der Waals surface area contributed by atoms with Crippen LogP contribution in [-0.4, -0.2) is 27.9 Å². The molecule has 0 saturated heterocycles. The number of nitrogens with one attached hydrogen (secondary N) is 1. The monoisotopic (exact) mass is 373 g/mol. The summed E-state index contributed by atoms with van der Waals surface area (Å²) in [5.41, 5.74) is 0.0662. The lowest BCUT2D eigenvalue weighted by Gasteiger charge is -2.14. The first-order valence-electron chi connectivity index (χ1n) is 6.32. The maximum atomic E-state index is 12.0. The van der Waals surface area contributed by atoms with Gasteiger partial charge in [0.25, 0.3) is 5.91 Å². The van der Waals surface area contributed by atoms with Gasteiger partial charge in [0, 0.05) is 12.4 Å². The van der Waals surface area contributed by atoms with Crippen molar-refractivity contribution in [2.45, 2.75) is 13.0 Å². The van der Waals surface area contributed by atoms with Gasteiger partial charge in [0.2, 0.25) is 0 Å². The Morgan fingerprint density at radius 3 is 2.65 bits per heavy atom. The van der Waals surface area contributed by atoms with Gasteiger partial charge in [0.15, 0.2) is 11.9 Å². The average Bonchev–Trinajstić information content (AvgIpc) is 2.50. The number of amides is 1. The number of carbonyl (C=O) groups is 2. The first-order valence-corrected chi connectivity index (χ1v) is 7.45. The summed E-state index contributed by atoms with van der Waals surface area (Å²) in [7, 11) is 0. The number of rotatable bonds is 4. The Hall–Kier alpha value is -1.89. The van der Waals surface area contributed by atoms with Crippen LogP contribution in [0.3, 0.4) is 0 Å². The molecule has 1 N–H and O–H groups in total. The predicted octanol–water partition coefficient (Wildman–Crippen LogP) is 3.62. The summed E-state index contributed by atoms with van der Waals surface area (Å²) < 4.78 is 5.04. The first kappa shape index (κ1) is 17.5. The maximum absolute atomic E-state index is 12.0. The van der Waals surface area contributed by atoms with Crippen LogP contribution in [0.1, 0.15) is 17.3 Å². The standard InChI is InChI=1S/C14H10Cl3N3O3/c1-7(23-14(22)9-3-2-4-18-11(9)17)13(21)20-12-10(16)5-8(15)6-19-12/h2-7H,1H3,(H,19,20,21). The lowest BCUT2D eigenvalue weighted by atomic mass is 10.3. The summed E-state index contributed by atoms with van der Waals surface area (Å²) in [6, 6.07) is 4.41. The lowest BCUT2D eigenvalue weighted by Crippen LogP contribution is -2.30. The van der Waals surface area contributed by atoms with Crippen molar-refractivity contribution in [3.05, 3.63) is 51.4 Å². The van der Waals surface area contributed by atoms with Gasteiger partial charge in [0.05, 0.1) is 15.6 Å². The molecule has 0 radical (unpaired) electrons. The van der Waals surface area contributed by atoms with Crippen LogP contribution in [0.2, 0.25) is 15.2 Å². The molecule has 1 atom stereocenters. The van der Waals surface area contributed by atoms with E-state index in [0.717, 1.165) is 0 Å². The van der Waals surface area contributed by atoms with Crippen molar-refractivity contribution in [2.24, 2.45) is 0 Å². The van der Waals surface area contributed by atoms with E-state index in [-0.39, 0.29) is 21.6 Å². The molecular weight excluding hydrogens is 365 g/mol. The van der Waals surface area contributed by atoms with Crippen LogP contribution in [0.5, 0.6) is 0 Å². The number of anilines is 1. The number of halogens is 3. The number of aromatic nitrogens is 2. The summed E-state index contributed by atoms with van der Waals surface area (Å²) in [6.07, 6.45) is 1.67. The molecule has 0 saturated carbocycles. The number of pyridine rings is 2. The molecule has 0 aliphatic heterocycles. The van der Waals surface area contributed by atoms with E-state index in [4.69, 9.17) is 39.5 Å². The fraction of sp³-hybridized carbons (Fsp3) is 0.143. The van der Waals surface area contributed by atoms with Crippen molar-refractivity contribution in [2.75, 3.05) is 5.32 Å². The molecule has 2 heterocycles. The molecule has 0 bridgehead atoms. The Morgan fingerprint density at radius 2 is 2.00 bits per heavy atom. The van der Waals surface area contributed by atoms with Crippen LogP contribution in [0, 0.1) is 0 Å². The van der Waals surface area contributed by atoms with Crippen molar-refractivity contribution < 1.29 is 14.3 Å². The highest BCUT2D eigenvalue weighted by Gasteiger charge is 2.21. The Labute approximate surface area is 146 Å². The fourth-order valence-corrected chi connectivity index (χ4v) is 2.16. The molecule has 2 aromatic heterocycles. The molecule has 1 unspecified atom stereocenters. The molecule has 0 aliphatic rings. The molecule has 9 heteroatoms. The summed E-state index contributed by atoms with van der Waals surface area (Å²) in [4.78, 5) is 31.6. The third-order valence-electron chi connectivity index (χ3n) is 2.68. The summed E-state index contributed by atoms with van der Waals surface area (Å²) >= 11 is 17.4. The van der Waals surface area contributed by atoms with E-state index >= 15 is 0 Å². The van der Waals surface area contributed by atoms with Crippen molar-refractivity contribution in [3.8, 4) is 0 Å². The number of carbonyl (C=O) groups excluding carboxylic acids is 2. The molecule has 1 amide bonds. The second kappa shape index (κ2) is 7.59. The molecule has 2 aromatic rings. The van der Waals surface area contributed by atoms with Gasteiger partial charge in [-0.25, -0.2) is 14.8 Å². The van der Waals surface area contributed by atoms with E-state index in [2.05, 4.69) is 15.3 Å². The molecule has 120 valence electrons. The average molecular weight is 375 g/mol. The second-order valence-corrected chi connectivity index (χ2v) is 5.56. The van der Waals surface area contributed by atoms with Gasteiger partial charge in [-0.05, 0) is 25.1 Å². The lowest BCUT2D eigenvalue weighted by molar-refractivity contribution is -0.123. The minimum absolute atomic E-state index is 0.00693. The van der Waals surface area contributed by atoms with Crippen LogP contribution in [0.4, 0.5) is 5.82 Å². The number of hydrogen-bond acceptors (Lipinski definition) is 5. The highest BCUT2D eigenvalue weighted by Crippen LogP contribution is 2.23. The molecule has 0 fully saturated rings. The van der Waals surface area contributed by atoms with E-state index in [9.17, 15) is 9.59 Å². The third kappa shape index (κ3) is 4.54. The van der Waals surface area contributed by atoms with Gasteiger partial charge in [-0.3, -0.25) is 4.79 Å². The van der Waals surface area contributed by atoms with Gasteiger partial charge in [-0.1, -0.05) is 34.8 Å². The molecule has 23 heavy (non-hydrogen) atoms. The summed E-state index contributed by atoms with van der Waals surface area (Å²) in [5, 5.41) is 2.93. The topological polar surface area (TPSA) is 81.2 Å². The largest absolute Gasteiger partial charge is 0.449 e. The Bertz CT molecular complexity index is 755. The van der Waals surface area contributed by atoms with E-state index in [1.807, 2.05) is 0 Å². The normalized spacial score (nSPS) is 11.7.